The van der Waals surface area contributed by atoms with Crippen molar-refractivity contribution in [3.05, 3.63) is 29.8 Å². The van der Waals surface area contributed by atoms with E-state index in [2.05, 4.69) is 10.6 Å². The Kier molecular flexibility index (Phi) is 7.79. The molecule has 0 heterocycles. The van der Waals surface area contributed by atoms with Gasteiger partial charge in [0.15, 0.2) is 0 Å². The van der Waals surface area contributed by atoms with Crippen LogP contribution in [0.25, 0.3) is 0 Å². The van der Waals surface area contributed by atoms with Gasteiger partial charge < -0.3 is 16.4 Å². The standard InChI is InChI=1S/C13H19N3O2.ClH/c1-3-7-15-13(18)10-5-4-6-11(8-10)16-12(17)9(2)14;/h4-6,8-9H,3,7,14H2,1-2H3,(H,15,18)(H,16,17);1H/t9-;/m1./s1. The lowest BCUT2D eigenvalue weighted by Crippen LogP contribution is -2.32. The summed E-state index contributed by atoms with van der Waals surface area (Å²) in [6, 6.07) is 6.19. The van der Waals surface area contributed by atoms with Gasteiger partial charge in [-0.15, -0.1) is 12.4 Å². The Morgan fingerprint density at radius 2 is 2.05 bits per heavy atom. The van der Waals surface area contributed by atoms with Crippen LogP contribution in [0.2, 0.25) is 0 Å². The average Bonchev–Trinajstić information content (AvgIpc) is 2.36. The zero-order valence-corrected chi connectivity index (χ0v) is 11.9. The van der Waals surface area contributed by atoms with Crippen LogP contribution in [0.3, 0.4) is 0 Å². The van der Waals surface area contributed by atoms with Crippen LogP contribution >= 0.6 is 12.4 Å². The van der Waals surface area contributed by atoms with Crippen molar-refractivity contribution < 1.29 is 9.59 Å². The van der Waals surface area contributed by atoms with Crippen LogP contribution in [0.1, 0.15) is 30.6 Å². The molecule has 4 N–H and O–H groups in total. The fourth-order valence-corrected chi connectivity index (χ4v) is 1.33. The molecule has 1 rings (SSSR count). The van der Waals surface area contributed by atoms with Crippen LogP contribution < -0.4 is 16.4 Å². The highest BCUT2D eigenvalue weighted by atomic mass is 35.5. The maximum absolute atomic E-state index is 11.7. The molecule has 1 aromatic carbocycles. The molecule has 0 spiro atoms. The SMILES string of the molecule is CCCNC(=O)c1cccc(NC(=O)[C@@H](C)N)c1.Cl. The van der Waals surface area contributed by atoms with Gasteiger partial charge in [0.05, 0.1) is 6.04 Å². The number of nitrogens with one attached hydrogen (secondary N) is 2. The molecule has 1 aromatic rings. The number of amides is 2. The van der Waals surface area contributed by atoms with Crippen LogP contribution in [-0.2, 0) is 4.79 Å². The smallest absolute Gasteiger partial charge is 0.251 e. The summed E-state index contributed by atoms with van der Waals surface area (Å²) in [5.74, 6) is -0.421. The van der Waals surface area contributed by atoms with Crippen molar-refractivity contribution in [1.29, 1.82) is 0 Å². The largest absolute Gasteiger partial charge is 0.352 e. The van der Waals surface area contributed by atoms with Crippen LogP contribution in [0.4, 0.5) is 5.69 Å². The Balaban J connectivity index is 0.00000324. The number of carbonyl (C=O) groups excluding carboxylic acids is 2. The Morgan fingerprint density at radius 1 is 1.37 bits per heavy atom. The molecule has 19 heavy (non-hydrogen) atoms. The van der Waals surface area contributed by atoms with E-state index in [-0.39, 0.29) is 24.2 Å². The van der Waals surface area contributed by atoms with Crippen molar-refractivity contribution in [3.8, 4) is 0 Å². The Morgan fingerprint density at radius 3 is 2.63 bits per heavy atom. The van der Waals surface area contributed by atoms with E-state index in [1.165, 1.54) is 0 Å². The van der Waals surface area contributed by atoms with Crippen molar-refractivity contribution in [2.75, 3.05) is 11.9 Å². The van der Waals surface area contributed by atoms with Gasteiger partial charge in [0.2, 0.25) is 5.91 Å². The van der Waals surface area contributed by atoms with Gasteiger partial charge in [-0.25, -0.2) is 0 Å². The van der Waals surface area contributed by atoms with E-state index in [9.17, 15) is 9.59 Å². The van der Waals surface area contributed by atoms with Crippen molar-refractivity contribution in [2.24, 2.45) is 5.73 Å². The minimum atomic E-state index is -0.581. The zero-order valence-electron chi connectivity index (χ0n) is 11.1. The van der Waals surface area contributed by atoms with Crippen molar-refractivity contribution >= 4 is 29.9 Å². The molecule has 0 aliphatic heterocycles. The van der Waals surface area contributed by atoms with E-state index in [1.807, 2.05) is 6.92 Å². The summed E-state index contributed by atoms with van der Waals surface area (Å²) < 4.78 is 0. The molecule has 2 amide bonds. The maximum atomic E-state index is 11.7. The van der Waals surface area contributed by atoms with Crippen molar-refractivity contribution in [2.45, 2.75) is 26.3 Å². The molecule has 0 aliphatic carbocycles. The molecule has 0 aromatic heterocycles. The predicted octanol–water partition coefficient (Wildman–Crippen LogP) is 1.53. The van der Waals surface area contributed by atoms with Crippen LogP contribution in [0, 0.1) is 0 Å². The highest BCUT2D eigenvalue weighted by Crippen LogP contribution is 2.10. The summed E-state index contributed by atoms with van der Waals surface area (Å²) in [4.78, 5) is 23.2. The van der Waals surface area contributed by atoms with E-state index < -0.39 is 6.04 Å². The Labute approximate surface area is 119 Å². The lowest BCUT2D eigenvalue weighted by molar-refractivity contribution is -0.117. The molecule has 1 atom stereocenters. The van der Waals surface area contributed by atoms with E-state index >= 15 is 0 Å². The first-order chi connectivity index (χ1) is 8.54. The minimum Gasteiger partial charge on any atom is -0.352 e. The Hall–Kier alpha value is -1.59. The first-order valence-corrected chi connectivity index (χ1v) is 5.99. The zero-order chi connectivity index (χ0) is 13.5. The molecule has 5 nitrogen and oxygen atoms in total. The molecule has 0 fully saturated rings. The fourth-order valence-electron chi connectivity index (χ4n) is 1.33. The highest BCUT2D eigenvalue weighted by Gasteiger charge is 2.09. The van der Waals surface area contributed by atoms with Gasteiger partial charge in [-0.05, 0) is 31.5 Å². The number of anilines is 1. The average molecular weight is 286 g/mol. The number of benzene rings is 1. The molecule has 0 aliphatic rings. The van der Waals surface area contributed by atoms with Gasteiger partial charge >= 0.3 is 0 Å². The van der Waals surface area contributed by atoms with E-state index in [4.69, 9.17) is 5.73 Å². The minimum absolute atomic E-state index is 0. The lowest BCUT2D eigenvalue weighted by Gasteiger charge is -2.09. The summed E-state index contributed by atoms with van der Waals surface area (Å²) in [7, 11) is 0. The quantitative estimate of drug-likeness (QED) is 0.767. The number of hydrogen-bond donors (Lipinski definition) is 3. The molecule has 0 saturated carbocycles. The number of halogens is 1. The summed E-state index contributed by atoms with van der Waals surface area (Å²) in [6.45, 7) is 4.22. The molecular formula is C13H20ClN3O2. The second-order valence-corrected chi connectivity index (χ2v) is 4.11. The molecule has 6 heteroatoms. The molecule has 0 saturated heterocycles. The van der Waals surface area contributed by atoms with E-state index in [0.29, 0.717) is 17.8 Å². The first kappa shape index (κ1) is 17.4. The third-order valence-corrected chi connectivity index (χ3v) is 2.34. The first-order valence-electron chi connectivity index (χ1n) is 5.99. The molecular weight excluding hydrogens is 266 g/mol. The second-order valence-electron chi connectivity index (χ2n) is 4.11. The van der Waals surface area contributed by atoms with E-state index in [0.717, 1.165) is 6.42 Å². The normalized spacial score (nSPS) is 11.1. The third kappa shape index (κ3) is 5.72. The summed E-state index contributed by atoms with van der Waals surface area (Å²) in [5, 5.41) is 5.42. The van der Waals surface area contributed by atoms with Gasteiger partial charge in [0.1, 0.15) is 0 Å². The van der Waals surface area contributed by atoms with Crippen LogP contribution in [0.5, 0.6) is 0 Å². The van der Waals surface area contributed by atoms with Crippen molar-refractivity contribution in [3.63, 3.8) is 0 Å². The summed E-state index contributed by atoms with van der Waals surface area (Å²) in [5.41, 5.74) is 6.55. The lowest BCUT2D eigenvalue weighted by atomic mass is 10.2. The number of hydrogen-bond acceptors (Lipinski definition) is 3. The fraction of sp³-hybridized carbons (Fsp3) is 0.385. The van der Waals surface area contributed by atoms with Gasteiger partial charge in [0.25, 0.3) is 5.91 Å². The monoisotopic (exact) mass is 285 g/mol. The van der Waals surface area contributed by atoms with Gasteiger partial charge in [-0.3, -0.25) is 9.59 Å². The summed E-state index contributed by atoms with van der Waals surface area (Å²) >= 11 is 0. The second kappa shape index (κ2) is 8.50. The number of nitrogens with two attached hydrogens (primary N) is 1. The van der Waals surface area contributed by atoms with Gasteiger partial charge in [0, 0.05) is 17.8 Å². The Bertz CT molecular complexity index is 436. The topological polar surface area (TPSA) is 84.2 Å². The maximum Gasteiger partial charge on any atom is 0.251 e. The highest BCUT2D eigenvalue weighted by molar-refractivity contribution is 5.98. The number of rotatable bonds is 5. The van der Waals surface area contributed by atoms with Gasteiger partial charge in [-0.2, -0.15) is 0 Å². The number of carbonyl (C=O) groups is 2. The summed E-state index contributed by atoms with van der Waals surface area (Å²) in [6.07, 6.45) is 0.882. The van der Waals surface area contributed by atoms with Crippen LogP contribution in [0.15, 0.2) is 24.3 Å². The van der Waals surface area contributed by atoms with Crippen LogP contribution in [-0.4, -0.2) is 24.4 Å². The van der Waals surface area contributed by atoms with Crippen molar-refractivity contribution in [1.82, 2.24) is 5.32 Å². The molecule has 106 valence electrons. The predicted molar refractivity (Wildman–Crippen MR) is 78.6 cm³/mol. The van der Waals surface area contributed by atoms with Gasteiger partial charge in [-0.1, -0.05) is 13.0 Å². The third-order valence-electron chi connectivity index (χ3n) is 2.34. The molecule has 0 unspecified atom stereocenters. The van der Waals surface area contributed by atoms with E-state index in [1.54, 1.807) is 31.2 Å². The molecule has 0 bridgehead atoms. The molecule has 0 radical (unpaired) electrons.